The summed E-state index contributed by atoms with van der Waals surface area (Å²) < 4.78 is 11.4. The van der Waals surface area contributed by atoms with E-state index in [-0.39, 0.29) is 5.79 Å². The van der Waals surface area contributed by atoms with Gasteiger partial charge in [0.15, 0.2) is 5.79 Å². The lowest BCUT2D eigenvalue weighted by Crippen LogP contribution is -2.31. The Labute approximate surface area is 72.5 Å². The standard InChI is InChI=1S/C10H14O2/c1-2-7-8-3-4-10(9(7)8)11-5-6-12-10/h2,7-9H,1,3-6H2/t7-,8-,9+/m1/s1. The molecule has 0 radical (unpaired) electrons. The maximum atomic E-state index is 5.72. The molecule has 3 atom stereocenters. The first kappa shape index (κ1) is 7.10. The summed E-state index contributed by atoms with van der Waals surface area (Å²) in [6.07, 6.45) is 4.44. The van der Waals surface area contributed by atoms with Crippen LogP contribution in [0.25, 0.3) is 0 Å². The number of hydrogen-bond acceptors (Lipinski definition) is 2. The van der Waals surface area contributed by atoms with Gasteiger partial charge in [0, 0.05) is 12.3 Å². The van der Waals surface area contributed by atoms with E-state index in [0.717, 1.165) is 25.6 Å². The van der Waals surface area contributed by atoms with Gasteiger partial charge in [-0.3, -0.25) is 0 Å². The smallest absolute Gasteiger partial charge is 0.172 e. The minimum absolute atomic E-state index is 0.177. The normalized spacial score (nSPS) is 47.8. The second-order valence-corrected chi connectivity index (χ2v) is 4.05. The molecule has 1 aliphatic heterocycles. The van der Waals surface area contributed by atoms with Crippen LogP contribution in [0.4, 0.5) is 0 Å². The van der Waals surface area contributed by atoms with E-state index in [1.165, 1.54) is 6.42 Å². The first-order valence-electron chi connectivity index (χ1n) is 4.78. The molecule has 0 unspecified atom stereocenters. The summed E-state index contributed by atoms with van der Waals surface area (Å²) in [6, 6.07) is 0. The van der Waals surface area contributed by atoms with Gasteiger partial charge in [0.1, 0.15) is 0 Å². The molecule has 0 aromatic heterocycles. The van der Waals surface area contributed by atoms with Gasteiger partial charge in [0.2, 0.25) is 0 Å². The zero-order valence-electron chi connectivity index (χ0n) is 7.16. The molecule has 66 valence electrons. The van der Waals surface area contributed by atoms with Crippen LogP contribution in [0.3, 0.4) is 0 Å². The molecule has 3 aliphatic rings. The molecule has 0 bridgehead atoms. The molecule has 0 aromatic carbocycles. The van der Waals surface area contributed by atoms with Gasteiger partial charge in [-0.15, -0.1) is 6.58 Å². The first-order valence-corrected chi connectivity index (χ1v) is 4.78. The highest BCUT2D eigenvalue weighted by Crippen LogP contribution is 2.65. The molecule has 2 aliphatic carbocycles. The lowest BCUT2D eigenvalue weighted by atomic mass is 10.1. The summed E-state index contributed by atoms with van der Waals surface area (Å²) >= 11 is 0. The van der Waals surface area contributed by atoms with Crippen molar-refractivity contribution in [1.29, 1.82) is 0 Å². The third-order valence-corrected chi connectivity index (χ3v) is 3.61. The Morgan fingerprint density at radius 1 is 1.33 bits per heavy atom. The second-order valence-electron chi connectivity index (χ2n) is 4.05. The molecule has 0 amide bonds. The topological polar surface area (TPSA) is 18.5 Å². The highest BCUT2D eigenvalue weighted by molar-refractivity contribution is 5.16. The molecule has 1 saturated heterocycles. The molecule has 3 fully saturated rings. The Balaban J connectivity index is 1.85. The van der Waals surface area contributed by atoms with E-state index >= 15 is 0 Å². The van der Waals surface area contributed by atoms with Crippen LogP contribution in [0.1, 0.15) is 12.8 Å². The van der Waals surface area contributed by atoms with E-state index in [1.807, 2.05) is 0 Å². The Kier molecular flexibility index (Phi) is 1.25. The monoisotopic (exact) mass is 166 g/mol. The zero-order valence-corrected chi connectivity index (χ0v) is 7.16. The fourth-order valence-electron chi connectivity index (χ4n) is 3.06. The van der Waals surface area contributed by atoms with Gasteiger partial charge < -0.3 is 9.47 Å². The lowest BCUT2D eigenvalue weighted by Gasteiger charge is -2.24. The van der Waals surface area contributed by atoms with Crippen LogP contribution in [0, 0.1) is 17.8 Å². The van der Waals surface area contributed by atoms with Gasteiger partial charge in [0.05, 0.1) is 13.2 Å². The first-order chi connectivity index (χ1) is 5.87. The summed E-state index contributed by atoms with van der Waals surface area (Å²) in [7, 11) is 0. The SMILES string of the molecule is C=C[C@@H]1[C@H]2CCC3(OCCO3)[C@@H]12. The van der Waals surface area contributed by atoms with Gasteiger partial charge in [0.25, 0.3) is 0 Å². The second kappa shape index (κ2) is 2.12. The van der Waals surface area contributed by atoms with E-state index in [4.69, 9.17) is 9.47 Å². The lowest BCUT2D eigenvalue weighted by molar-refractivity contribution is -0.169. The van der Waals surface area contributed by atoms with Crippen LogP contribution in [-0.2, 0) is 9.47 Å². The number of fused-ring (bicyclic) bond motifs is 2. The van der Waals surface area contributed by atoms with E-state index in [1.54, 1.807) is 0 Å². The number of allylic oxidation sites excluding steroid dienone is 1. The van der Waals surface area contributed by atoms with E-state index in [0.29, 0.717) is 11.8 Å². The van der Waals surface area contributed by atoms with Gasteiger partial charge in [-0.25, -0.2) is 0 Å². The molecule has 2 saturated carbocycles. The summed E-state index contributed by atoms with van der Waals surface area (Å²) in [4.78, 5) is 0. The molecule has 2 nitrogen and oxygen atoms in total. The quantitative estimate of drug-likeness (QED) is 0.550. The molecule has 0 N–H and O–H groups in total. The highest BCUT2D eigenvalue weighted by atomic mass is 16.7. The van der Waals surface area contributed by atoms with Gasteiger partial charge in [-0.1, -0.05) is 6.08 Å². The summed E-state index contributed by atoms with van der Waals surface area (Å²) in [6.45, 7) is 5.42. The van der Waals surface area contributed by atoms with Crippen LogP contribution in [0.15, 0.2) is 12.7 Å². The minimum atomic E-state index is -0.177. The van der Waals surface area contributed by atoms with Gasteiger partial charge in [-0.2, -0.15) is 0 Å². The molecule has 2 heteroatoms. The Hall–Kier alpha value is -0.340. The summed E-state index contributed by atoms with van der Waals surface area (Å²) in [5.41, 5.74) is 0. The zero-order chi connectivity index (χ0) is 8.18. The number of rotatable bonds is 1. The minimum Gasteiger partial charge on any atom is -0.347 e. The van der Waals surface area contributed by atoms with Crippen molar-refractivity contribution in [2.75, 3.05) is 13.2 Å². The Morgan fingerprint density at radius 3 is 2.67 bits per heavy atom. The highest BCUT2D eigenvalue weighted by Gasteiger charge is 2.67. The van der Waals surface area contributed by atoms with Crippen molar-refractivity contribution in [2.24, 2.45) is 17.8 Å². The van der Waals surface area contributed by atoms with Crippen molar-refractivity contribution in [2.45, 2.75) is 18.6 Å². The average molecular weight is 166 g/mol. The number of ether oxygens (including phenoxy) is 2. The predicted octanol–water partition coefficient (Wildman–Crippen LogP) is 1.57. The largest absolute Gasteiger partial charge is 0.347 e. The van der Waals surface area contributed by atoms with Crippen molar-refractivity contribution < 1.29 is 9.47 Å². The van der Waals surface area contributed by atoms with Crippen LogP contribution < -0.4 is 0 Å². The maximum Gasteiger partial charge on any atom is 0.172 e. The molecule has 3 rings (SSSR count). The van der Waals surface area contributed by atoms with E-state index in [9.17, 15) is 0 Å². The predicted molar refractivity (Wildman–Crippen MR) is 44.5 cm³/mol. The Morgan fingerprint density at radius 2 is 2.08 bits per heavy atom. The molecule has 1 spiro atoms. The van der Waals surface area contributed by atoms with Crippen LogP contribution in [0.2, 0.25) is 0 Å². The van der Waals surface area contributed by atoms with Crippen LogP contribution in [0.5, 0.6) is 0 Å². The third-order valence-electron chi connectivity index (χ3n) is 3.61. The number of hydrogen-bond donors (Lipinski definition) is 0. The molecule has 1 heterocycles. The van der Waals surface area contributed by atoms with Crippen LogP contribution in [-0.4, -0.2) is 19.0 Å². The molecule has 0 aromatic rings. The average Bonchev–Trinajstić information content (AvgIpc) is 2.45. The molecular weight excluding hydrogens is 152 g/mol. The van der Waals surface area contributed by atoms with Crippen molar-refractivity contribution in [1.82, 2.24) is 0 Å². The van der Waals surface area contributed by atoms with Crippen molar-refractivity contribution in [3.8, 4) is 0 Å². The summed E-state index contributed by atoms with van der Waals surface area (Å²) in [5, 5.41) is 0. The summed E-state index contributed by atoms with van der Waals surface area (Å²) in [5.74, 6) is 1.96. The van der Waals surface area contributed by atoms with Crippen molar-refractivity contribution in [3.63, 3.8) is 0 Å². The van der Waals surface area contributed by atoms with Crippen LogP contribution >= 0.6 is 0 Å². The van der Waals surface area contributed by atoms with E-state index < -0.39 is 0 Å². The Bertz CT molecular complexity index is 212. The maximum absolute atomic E-state index is 5.72. The molecule has 12 heavy (non-hydrogen) atoms. The third kappa shape index (κ3) is 0.679. The fourth-order valence-corrected chi connectivity index (χ4v) is 3.06. The van der Waals surface area contributed by atoms with Gasteiger partial charge in [-0.05, 0) is 18.3 Å². The fraction of sp³-hybridized carbons (Fsp3) is 0.800. The molecular formula is C10H14O2. The van der Waals surface area contributed by atoms with Crippen molar-refractivity contribution >= 4 is 0 Å². The van der Waals surface area contributed by atoms with Crippen molar-refractivity contribution in [3.05, 3.63) is 12.7 Å². The van der Waals surface area contributed by atoms with E-state index in [2.05, 4.69) is 12.7 Å². The van der Waals surface area contributed by atoms with Gasteiger partial charge >= 0.3 is 0 Å².